The number of rotatable bonds is 3. The predicted octanol–water partition coefficient (Wildman–Crippen LogP) is 2.51. The number of hydrogen-bond donors (Lipinski definition) is 2. The van der Waals surface area contributed by atoms with Gasteiger partial charge in [0.15, 0.2) is 0 Å². The maximum Gasteiger partial charge on any atom is 0.208 e. The second-order valence-electron chi connectivity index (χ2n) is 7.20. The third kappa shape index (κ3) is 3.11. The minimum atomic E-state index is 0.484. The number of hydrazine groups is 1. The molecule has 3 aliphatic carbocycles. The van der Waals surface area contributed by atoms with Crippen molar-refractivity contribution in [2.24, 2.45) is 28.6 Å². The van der Waals surface area contributed by atoms with Gasteiger partial charge in [-0.05, 0) is 49.9 Å². The smallest absolute Gasteiger partial charge is 0.208 e. The van der Waals surface area contributed by atoms with E-state index in [2.05, 4.69) is 17.4 Å². The van der Waals surface area contributed by atoms with Gasteiger partial charge in [-0.25, -0.2) is 10.8 Å². The molecule has 0 spiro atoms. The molecule has 0 saturated heterocycles. The second-order valence-corrected chi connectivity index (χ2v) is 7.20. The molecule has 3 N–H and O–H groups in total. The number of fused-ring (bicyclic) bond motifs is 2. The zero-order valence-electron chi connectivity index (χ0n) is 12.9. The van der Waals surface area contributed by atoms with E-state index >= 15 is 0 Å². The van der Waals surface area contributed by atoms with Crippen LogP contribution in [0.1, 0.15) is 57.8 Å². The molecule has 0 aromatic heterocycles. The summed E-state index contributed by atoms with van der Waals surface area (Å²) in [4.78, 5) is 7.13. The van der Waals surface area contributed by atoms with Crippen LogP contribution in [0, 0.1) is 17.8 Å². The topological polar surface area (TPSA) is 53.6 Å². The zero-order chi connectivity index (χ0) is 13.9. The van der Waals surface area contributed by atoms with Crippen LogP contribution in [0.3, 0.4) is 0 Å². The van der Waals surface area contributed by atoms with Crippen LogP contribution in [0.15, 0.2) is 4.99 Å². The Morgan fingerprint density at radius 1 is 1.15 bits per heavy atom. The van der Waals surface area contributed by atoms with Crippen molar-refractivity contribution in [2.45, 2.75) is 63.8 Å². The first-order chi connectivity index (χ1) is 9.76. The molecular weight excluding hydrogens is 248 g/mol. The number of nitrogens with one attached hydrogen (secondary N) is 1. The van der Waals surface area contributed by atoms with Crippen molar-refractivity contribution in [1.29, 1.82) is 0 Å². The number of guanidine groups is 1. The Morgan fingerprint density at radius 2 is 1.95 bits per heavy atom. The molecule has 3 aliphatic rings. The molecule has 0 amide bonds. The van der Waals surface area contributed by atoms with E-state index in [4.69, 9.17) is 10.8 Å². The molecule has 0 radical (unpaired) electrons. The van der Waals surface area contributed by atoms with Gasteiger partial charge < -0.3 is 4.90 Å². The molecule has 0 aliphatic heterocycles. The molecule has 0 heterocycles. The van der Waals surface area contributed by atoms with Crippen molar-refractivity contribution in [1.82, 2.24) is 10.3 Å². The summed E-state index contributed by atoms with van der Waals surface area (Å²) in [5.74, 6) is 9.47. The highest BCUT2D eigenvalue weighted by Gasteiger charge is 2.39. The molecule has 4 nitrogen and oxygen atoms in total. The third-order valence-corrected chi connectivity index (χ3v) is 5.76. The van der Waals surface area contributed by atoms with E-state index in [1.807, 2.05) is 0 Å². The highest BCUT2D eigenvalue weighted by atomic mass is 15.4. The first kappa shape index (κ1) is 14.2. The Morgan fingerprint density at radius 3 is 2.55 bits per heavy atom. The van der Waals surface area contributed by atoms with Gasteiger partial charge in [-0.2, -0.15) is 0 Å². The average molecular weight is 278 g/mol. The molecule has 3 fully saturated rings. The summed E-state index contributed by atoms with van der Waals surface area (Å²) in [7, 11) is 2.15. The first-order valence-corrected chi connectivity index (χ1v) is 8.52. The van der Waals surface area contributed by atoms with Crippen molar-refractivity contribution in [3.8, 4) is 0 Å². The molecule has 3 saturated carbocycles. The molecule has 3 unspecified atom stereocenters. The van der Waals surface area contributed by atoms with Gasteiger partial charge in [0.05, 0.1) is 6.04 Å². The molecule has 20 heavy (non-hydrogen) atoms. The first-order valence-electron chi connectivity index (χ1n) is 8.52. The lowest BCUT2D eigenvalue weighted by Crippen LogP contribution is -2.46. The van der Waals surface area contributed by atoms with Gasteiger partial charge in [-0.1, -0.05) is 25.7 Å². The molecule has 3 atom stereocenters. The predicted molar refractivity (Wildman–Crippen MR) is 83.2 cm³/mol. The largest absolute Gasteiger partial charge is 0.345 e. The van der Waals surface area contributed by atoms with Crippen molar-refractivity contribution in [3.63, 3.8) is 0 Å². The van der Waals surface area contributed by atoms with E-state index in [9.17, 15) is 0 Å². The number of aliphatic imine (C=N–C) groups is 1. The molecule has 2 bridgehead atoms. The van der Waals surface area contributed by atoms with Crippen LogP contribution in [-0.4, -0.2) is 30.5 Å². The van der Waals surface area contributed by atoms with Crippen LogP contribution in [0.2, 0.25) is 0 Å². The lowest BCUT2D eigenvalue weighted by molar-refractivity contribution is 0.271. The van der Waals surface area contributed by atoms with Gasteiger partial charge >= 0.3 is 0 Å². The van der Waals surface area contributed by atoms with Gasteiger partial charge in [0, 0.05) is 13.6 Å². The van der Waals surface area contributed by atoms with E-state index < -0.39 is 0 Å². The summed E-state index contributed by atoms with van der Waals surface area (Å²) in [6.45, 7) is 1.12. The standard InChI is InChI=1S/C16H30N4/c1-20(11-14-10-12-7-8-13(14)9-12)16(19-17)18-15-5-3-2-4-6-15/h12-15H,2-11,17H2,1H3,(H,18,19). The lowest BCUT2D eigenvalue weighted by Gasteiger charge is -2.30. The van der Waals surface area contributed by atoms with E-state index in [-0.39, 0.29) is 0 Å². The van der Waals surface area contributed by atoms with Crippen molar-refractivity contribution < 1.29 is 0 Å². The minimum absolute atomic E-state index is 0.484. The van der Waals surface area contributed by atoms with Gasteiger partial charge in [-0.15, -0.1) is 0 Å². The second kappa shape index (κ2) is 6.33. The summed E-state index contributed by atoms with van der Waals surface area (Å²) in [6, 6.07) is 0.484. The fourth-order valence-electron chi connectivity index (χ4n) is 4.67. The highest BCUT2D eigenvalue weighted by Crippen LogP contribution is 2.48. The van der Waals surface area contributed by atoms with Crippen LogP contribution in [-0.2, 0) is 0 Å². The van der Waals surface area contributed by atoms with Crippen LogP contribution in [0.4, 0.5) is 0 Å². The summed E-state index contributed by atoms with van der Waals surface area (Å²) < 4.78 is 0. The Bertz CT molecular complexity index is 348. The molecular formula is C16H30N4. The van der Waals surface area contributed by atoms with Crippen LogP contribution in [0.5, 0.6) is 0 Å². The molecule has 0 aromatic carbocycles. The minimum Gasteiger partial charge on any atom is -0.345 e. The number of nitrogens with zero attached hydrogens (tertiary/aromatic N) is 2. The quantitative estimate of drug-likeness (QED) is 0.361. The Hall–Kier alpha value is -0.770. The van der Waals surface area contributed by atoms with Crippen molar-refractivity contribution in [3.05, 3.63) is 0 Å². The van der Waals surface area contributed by atoms with Gasteiger partial charge in [0.1, 0.15) is 0 Å². The van der Waals surface area contributed by atoms with E-state index in [0.717, 1.165) is 30.3 Å². The Balaban J connectivity index is 1.56. The Labute approximate surface area is 123 Å². The molecule has 114 valence electrons. The summed E-state index contributed by atoms with van der Waals surface area (Å²) >= 11 is 0. The van der Waals surface area contributed by atoms with E-state index in [0.29, 0.717) is 6.04 Å². The van der Waals surface area contributed by atoms with Gasteiger partial charge in [-0.3, -0.25) is 5.43 Å². The molecule has 0 aromatic rings. The van der Waals surface area contributed by atoms with Crippen molar-refractivity contribution >= 4 is 5.96 Å². The molecule has 3 rings (SSSR count). The van der Waals surface area contributed by atoms with Crippen molar-refractivity contribution in [2.75, 3.05) is 13.6 Å². The van der Waals surface area contributed by atoms with Gasteiger partial charge in [0.25, 0.3) is 0 Å². The SMILES string of the molecule is CN(CC1CC2CCC1C2)C(=NC1CCCCC1)NN. The van der Waals surface area contributed by atoms with Crippen LogP contribution < -0.4 is 11.3 Å². The zero-order valence-corrected chi connectivity index (χ0v) is 12.9. The third-order valence-electron chi connectivity index (χ3n) is 5.76. The van der Waals surface area contributed by atoms with Crippen LogP contribution >= 0.6 is 0 Å². The van der Waals surface area contributed by atoms with E-state index in [1.165, 1.54) is 57.8 Å². The number of hydrogen-bond acceptors (Lipinski definition) is 2. The summed E-state index contributed by atoms with van der Waals surface area (Å²) in [5.41, 5.74) is 2.84. The fourth-order valence-corrected chi connectivity index (χ4v) is 4.67. The maximum absolute atomic E-state index is 5.72. The average Bonchev–Trinajstić information content (AvgIpc) is 3.08. The number of nitrogens with two attached hydrogens (primary N) is 1. The monoisotopic (exact) mass is 278 g/mol. The Kier molecular flexibility index (Phi) is 4.49. The van der Waals surface area contributed by atoms with Gasteiger partial charge in [0.2, 0.25) is 5.96 Å². The normalized spacial score (nSPS) is 34.5. The highest BCUT2D eigenvalue weighted by molar-refractivity contribution is 5.79. The van der Waals surface area contributed by atoms with Crippen LogP contribution in [0.25, 0.3) is 0 Å². The lowest BCUT2D eigenvalue weighted by atomic mass is 9.88. The summed E-state index contributed by atoms with van der Waals surface area (Å²) in [6.07, 6.45) is 12.3. The molecule has 4 heteroatoms. The summed E-state index contributed by atoms with van der Waals surface area (Å²) in [5, 5.41) is 0. The maximum atomic E-state index is 5.72. The fraction of sp³-hybridized carbons (Fsp3) is 0.938. The van der Waals surface area contributed by atoms with E-state index in [1.54, 1.807) is 0 Å².